The Morgan fingerprint density at radius 1 is 1.50 bits per heavy atom. The van der Waals surface area contributed by atoms with Crippen molar-refractivity contribution in [2.45, 2.75) is 32.4 Å². The normalized spacial score (nSPS) is 16.5. The highest BCUT2D eigenvalue weighted by molar-refractivity contribution is 5.67. The lowest BCUT2D eigenvalue weighted by molar-refractivity contribution is -0.402. The number of ether oxygens (including phenoxy) is 1. The van der Waals surface area contributed by atoms with Gasteiger partial charge in [0.1, 0.15) is 10.7 Å². The summed E-state index contributed by atoms with van der Waals surface area (Å²) in [4.78, 5) is 25.6. The summed E-state index contributed by atoms with van der Waals surface area (Å²) in [6.45, 7) is 4.33. The quantitative estimate of drug-likeness (QED) is 0.612. The predicted octanol–water partition coefficient (Wildman–Crippen LogP) is 2.24. The van der Waals surface area contributed by atoms with Crippen molar-refractivity contribution in [3.8, 4) is 0 Å². The number of carbonyl (C=O) groups is 1. The molecule has 1 amide bonds. The highest BCUT2D eigenvalue weighted by Crippen LogP contribution is 2.21. The topological polar surface area (TPSA) is 89.1 Å². The Morgan fingerprint density at radius 2 is 2.18 bits per heavy atom. The molecule has 0 aromatic carbocycles. The van der Waals surface area contributed by atoms with E-state index in [-0.39, 0.29) is 18.0 Å². The lowest BCUT2D eigenvalue weighted by Crippen LogP contribution is -2.45. The van der Waals surface area contributed by atoms with Gasteiger partial charge < -0.3 is 14.1 Å². The van der Waals surface area contributed by atoms with Gasteiger partial charge in [0, 0.05) is 26.2 Å². The van der Waals surface area contributed by atoms with E-state index in [1.807, 2.05) is 0 Å². The molecule has 0 radical (unpaired) electrons. The summed E-state index contributed by atoms with van der Waals surface area (Å²) in [5.41, 5.74) is 0. The minimum absolute atomic E-state index is 0.168. The fourth-order valence-electron chi connectivity index (χ4n) is 2.61. The third-order valence-corrected chi connectivity index (χ3v) is 3.87. The number of hydrogen-bond acceptors (Lipinski definition) is 6. The Labute approximate surface area is 128 Å². The smallest absolute Gasteiger partial charge is 0.433 e. The molecule has 1 aromatic rings. The van der Waals surface area contributed by atoms with E-state index in [1.165, 1.54) is 6.07 Å². The SMILES string of the molecule is CCOC(=O)N(C)C1CCN(Cc2ccc([N+](=O)[O-])o2)CC1. The Hall–Kier alpha value is -2.09. The number of hydrogen-bond donors (Lipinski definition) is 0. The largest absolute Gasteiger partial charge is 0.450 e. The van der Waals surface area contributed by atoms with Crippen LogP contribution in [0.1, 0.15) is 25.5 Å². The van der Waals surface area contributed by atoms with Crippen LogP contribution in [0.2, 0.25) is 0 Å². The van der Waals surface area contributed by atoms with E-state index >= 15 is 0 Å². The zero-order valence-electron chi connectivity index (χ0n) is 12.9. The number of rotatable bonds is 5. The van der Waals surface area contributed by atoms with E-state index < -0.39 is 4.92 Å². The van der Waals surface area contributed by atoms with E-state index in [4.69, 9.17) is 9.15 Å². The number of nitrogens with zero attached hydrogens (tertiary/aromatic N) is 3. The number of amides is 1. The second-order valence-corrected chi connectivity index (χ2v) is 5.31. The molecule has 1 aromatic heterocycles. The molecule has 1 fully saturated rings. The highest BCUT2D eigenvalue weighted by atomic mass is 16.6. The van der Waals surface area contributed by atoms with Gasteiger partial charge in [0.15, 0.2) is 0 Å². The first-order chi connectivity index (χ1) is 10.5. The average molecular weight is 311 g/mol. The van der Waals surface area contributed by atoms with Crippen LogP contribution in [0, 0.1) is 10.1 Å². The van der Waals surface area contributed by atoms with Gasteiger partial charge in [-0.25, -0.2) is 4.79 Å². The molecule has 1 aliphatic rings. The van der Waals surface area contributed by atoms with Gasteiger partial charge in [0.2, 0.25) is 0 Å². The van der Waals surface area contributed by atoms with Crippen LogP contribution in [0.4, 0.5) is 10.7 Å². The van der Waals surface area contributed by atoms with Crippen LogP contribution in [0.5, 0.6) is 0 Å². The molecular formula is C14H21N3O5. The second kappa shape index (κ2) is 7.26. The summed E-state index contributed by atoms with van der Waals surface area (Å²) in [6, 6.07) is 3.17. The van der Waals surface area contributed by atoms with Crippen LogP contribution in [-0.4, -0.2) is 53.6 Å². The summed E-state index contributed by atoms with van der Waals surface area (Å²) in [5.74, 6) is 0.357. The van der Waals surface area contributed by atoms with Crippen molar-refractivity contribution in [1.82, 2.24) is 9.80 Å². The molecule has 2 heterocycles. The van der Waals surface area contributed by atoms with Crippen molar-refractivity contribution in [2.75, 3.05) is 26.7 Å². The molecule has 122 valence electrons. The molecule has 0 bridgehead atoms. The first kappa shape index (κ1) is 16.3. The Bertz CT molecular complexity index is 522. The van der Waals surface area contributed by atoms with Gasteiger partial charge in [-0.05, 0) is 25.8 Å². The zero-order valence-corrected chi connectivity index (χ0v) is 12.9. The fourth-order valence-corrected chi connectivity index (χ4v) is 2.61. The lowest BCUT2D eigenvalue weighted by Gasteiger charge is -2.35. The van der Waals surface area contributed by atoms with Crippen molar-refractivity contribution in [1.29, 1.82) is 0 Å². The van der Waals surface area contributed by atoms with Gasteiger partial charge in [0.05, 0.1) is 19.2 Å². The van der Waals surface area contributed by atoms with E-state index in [1.54, 1.807) is 24.9 Å². The maximum Gasteiger partial charge on any atom is 0.433 e. The monoisotopic (exact) mass is 311 g/mol. The Kier molecular flexibility index (Phi) is 5.37. The van der Waals surface area contributed by atoms with Crippen molar-refractivity contribution in [3.05, 3.63) is 28.0 Å². The molecule has 0 atom stereocenters. The van der Waals surface area contributed by atoms with Crippen LogP contribution in [-0.2, 0) is 11.3 Å². The van der Waals surface area contributed by atoms with Gasteiger partial charge in [0.25, 0.3) is 0 Å². The first-order valence-electron chi connectivity index (χ1n) is 7.36. The number of furan rings is 1. The zero-order chi connectivity index (χ0) is 16.1. The number of piperidine rings is 1. The molecule has 1 aliphatic heterocycles. The molecule has 0 spiro atoms. The van der Waals surface area contributed by atoms with Crippen LogP contribution in [0.3, 0.4) is 0 Å². The molecule has 22 heavy (non-hydrogen) atoms. The minimum Gasteiger partial charge on any atom is -0.450 e. The fraction of sp³-hybridized carbons (Fsp3) is 0.643. The van der Waals surface area contributed by atoms with Gasteiger partial charge in [-0.1, -0.05) is 0 Å². The van der Waals surface area contributed by atoms with Gasteiger partial charge >= 0.3 is 12.0 Å². The van der Waals surface area contributed by atoms with Gasteiger partial charge in [-0.3, -0.25) is 15.0 Å². The maximum atomic E-state index is 11.7. The predicted molar refractivity (Wildman–Crippen MR) is 78.4 cm³/mol. The second-order valence-electron chi connectivity index (χ2n) is 5.31. The van der Waals surface area contributed by atoms with Crippen molar-refractivity contribution < 1.29 is 18.9 Å². The highest BCUT2D eigenvalue weighted by Gasteiger charge is 2.26. The van der Waals surface area contributed by atoms with Crippen LogP contribution < -0.4 is 0 Å². The van der Waals surface area contributed by atoms with Crippen molar-refractivity contribution in [2.24, 2.45) is 0 Å². The summed E-state index contributed by atoms with van der Waals surface area (Å²) in [5, 5.41) is 10.6. The summed E-state index contributed by atoms with van der Waals surface area (Å²) in [7, 11) is 1.76. The molecule has 0 saturated carbocycles. The molecule has 0 aliphatic carbocycles. The minimum atomic E-state index is -0.538. The molecular weight excluding hydrogens is 290 g/mol. The summed E-state index contributed by atoms with van der Waals surface area (Å²) < 4.78 is 10.2. The molecule has 0 unspecified atom stereocenters. The van der Waals surface area contributed by atoms with Crippen LogP contribution in [0.25, 0.3) is 0 Å². The Morgan fingerprint density at radius 3 is 2.73 bits per heavy atom. The van der Waals surface area contributed by atoms with Crippen LogP contribution >= 0.6 is 0 Å². The van der Waals surface area contributed by atoms with E-state index in [9.17, 15) is 14.9 Å². The average Bonchev–Trinajstić information content (AvgIpc) is 2.96. The van der Waals surface area contributed by atoms with Gasteiger partial charge in [-0.15, -0.1) is 0 Å². The standard InChI is InChI=1S/C14H21N3O5/c1-3-21-14(18)15(2)11-6-8-16(9-7-11)10-12-4-5-13(22-12)17(19)20/h4-5,11H,3,6-10H2,1-2H3. The van der Waals surface area contributed by atoms with E-state index in [2.05, 4.69) is 4.90 Å². The van der Waals surface area contributed by atoms with Crippen LogP contribution in [0.15, 0.2) is 16.5 Å². The third kappa shape index (κ3) is 3.97. The van der Waals surface area contributed by atoms with E-state index in [0.29, 0.717) is 18.9 Å². The van der Waals surface area contributed by atoms with Crippen molar-refractivity contribution >= 4 is 12.0 Å². The summed E-state index contributed by atoms with van der Waals surface area (Å²) >= 11 is 0. The molecule has 0 N–H and O–H groups in total. The molecule has 8 nitrogen and oxygen atoms in total. The Balaban J connectivity index is 1.81. The molecule has 2 rings (SSSR count). The van der Waals surface area contributed by atoms with Crippen molar-refractivity contribution in [3.63, 3.8) is 0 Å². The third-order valence-electron chi connectivity index (χ3n) is 3.87. The number of nitro groups is 1. The molecule has 8 heteroatoms. The lowest BCUT2D eigenvalue weighted by atomic mass is 10.0. The number of carbonyl (C=O) groups excluding carboxylic acids is 1. The first-order valence-corrected chi connectivity index (χ1v) is 7.36. The van der Waals surface area contributed by atoms with Gasteiger partial charge in [-0.2, -0.15) is 0 Å². The van der Waals surface area contributed by atoms with E-state index in [0.717, 1.165) is 25.9 Å². The molecule has 1 saturated heterocycles. The number of likely N-dealkylation sites (tertiary alicyclic amines) is 1. The maximum absolute atomic E-state index is 11.7. The summed E-state index contributed by atoms with van der Waals surface area (Å²) in [6.07, 6.45) is 1.40.